The number of nitrogens with two attached hydrogens (primary N) is 1. The van der Waals surface area contributed by atoms with Gasteiger partial charge in [-0.2, -0.15) is 0 Å². The van der Waals surface area contributed by atoms with Crippen LogP contribution in [0.4, 0.5) is 11.4 Å². The lowest BCUT2D eigenvalue weighted by molar-refractivity contribution is 0.586. The van der Waals surface area contributed by atoms with Crippen molar-refractivity contribution < 1.29 is 8.42 Å². The van der Waals surface area contributed by atoms with Crippen LogP contribution in [0.1, 0.15) is 17.5 Å². The second-order valence-electron chi connectivity index (χ2n) is 5.28. The second kappa shape index (κ2) is 5.07. The topological polar surface area (TPSA) is 63.4 Å². The summed E-state index contributed by atoms with van der Waals surface area (Å²) in [5, 5.41) is 0. The molecule has 5 heteroatoms. The predicted molar refractivity (Wildman–Crippen MR) is 84.9 cm³/mol. The first-order chi connectivity index (χ1) is 10.0. The van der Waals surface area contributed by atoms with E-state index < -0.39 is 10.0 Å². The molecular formula is C16H18N2O2S. The molecule has 3 rings (SSSR count). The van der Waals surface area contributed by atoms with E-state index in [1.54, 1.807) is 25.1 Å². The minimum atomic E-state index is -3.58. The van der Waals surface area contributed by atoms with Crippen LogP contribution in [0.5, 0.6) is 0 Å². The number of nitrogens with zero attached hydrogens (tertiary/aromatic N) is 1. The highest BCUT2D eigenvalue weighted by Gasteiger charge is 2.30. The van der Waals surface area contributed by atoms with Gasteiger partial charge >= 0.3 is 0 Å². The molecule has 1 aliphatic rings. The van der Waals surface area contributed by atoms with Crippen molar-refractivity contribution in [1.29, 1.82) is 0 Å². The fourth-order valence-corrected chi connectivity index (χ4v) is 4.58. The normalized spacial score (nSPS) is 14.8. The van der Waals surface area contributed by atoms with Gasteiger partial charge in [-0.1, -0.05) is 24.3 Å². The van der Waals surface area contributed by atoms with E-state index in [1.165, 1.54) is 4.31 Å². The number of anilines is 2. The lowest BCUT2D eigenvalue weighted by atomic mass is 10.0. The number of sulfonamides is 1. The van der Waals surface area contributed by atoms with Gasteiger partial charge < -0.3 is 5.73 Å². The zero-order valence-electron chi connectivity index (χ0n) is 11.9. The number of hydrogen-bond acceptors (Lipinski definition) is 3. The highest BCUT2D eigenvalue weighted by molar-refractivity contribution is 7.92. The molecular weight excluding hydrogens is 284 g/mol. The third-order valence-corrected chi connectivity index (χ3v) is 5.92. The first-order valence-electron chi connectivity index (χ1n) is 6.97. The molecule has 4 nitrogen and oxygen atoms in total. The Bertz CT molecular complexity index is 785. The quantitative estimate of drug-likeness (QED) is 0.868. The van der Waals surface area contributed by atoms with E-state index in [0.717, 1.165) is 24.1 Å². The number of nitrogen functional groups attached to an aromatic ring is 1. The standard InChI is InChI=1S/C16H18N2O2S/c1-12-14(17)8-4-10-16(12)21(19,20)18-11-5-7-13-6-2-3-9-15(13)18/h2-4,6,8-10H,5,7,11,17H2,1H3. The van der Waals surface area contributed by atoms with Crippen molar-refractivity contribution in [3.05, 3.63) is 53.6 Å². The molecule has 0 amide bonds. The third kappa shape index (κ3) is 2.27. The van der Waals surface area contributed by atoms with Crippen LogP contribution in [0, 0.1) is 6.92 Å². The van der Waals surface area contributed by atoms with Crippen LogP contribution < -0.4 is 10.0 Å². The minimum absolute atomic E-state index is 0.291. The summed E-state index contributed by atoms with van der Waals surface area (Å²) in [5.74, 6) is 0. The molecule has 0 spiro atoms. The van der Waals surface area contributed by atoms with Crippen LogP contribution in [0.3, 0.4) is 0 Å². The van der Waals surface area contributed by atoms with Crippen LogP contribution in [0.25, 0.3) is 0 Å². The maximum Gasteiger partial charge on any atom is 0.264 e. The summed E-state index contributed by atoms with van der Waals surface area (Å²) in [6, 6.07) is 12.7. The predicted octanol–water partition coefficient (Wildman–Crippen LogP) is 2.72. The Morgan fingerprint density at radius 3 is 2.67 bits per heavy atom. The zero-order valence-corrected chi connectivity index (χ0v) is 12.7. The highest BCUT2D eigenvalue weighted by Crippen LogP contribution is 2.33. The molecule has 0 bridgehead atoms. The monoisotopic (exact) mass is 302 g/mol. The molecule has 2 aromatic rings. The molecule has 1 heterocycles. The number of fused-ring (bicyclic) bond motifs is 1. The van der Waals surface area contributed by atoms with Crippen LogP contribution >= 0.6 is 0 Å². The maximum absolute atomic E-state index is 13.0. The molecule has 0 radical (unpaired) electrons. The fraction of sp³-hybridized carbons (Fsp3) is 0.250. The molecule has 110 valence electrons. The molecule has 0 fully saturated rings. The van der Waals surface area contributed by atoms with Crippen molar-refractivity contribution in [2.24, 2.45) is 0 Å². The molecule has 0 atom stereocenters. The van der Waals surface area contributed by atoms with Gasteiger partial charge in [0.15, 0.2) is 0 Å². The van der Waals surface area contributed by atoms with Gasteiger partial charge in [0.25, 0.3) is 10.0 Å². The Kier molecular flexibility index (Phi) is 3.37. The van der Waals surface area contributed by atoms with Gasteiger partial charge in [-0.15, -0.1) is 0 Å². The highest BCUT2D eigenvalue weighted by atomic mass is 32.2. The first-order valence-corrected chi connectivity index (χ1v) is 8.41. The smallest absolute Gasteiger partial charge is 0.264 e. The van der Waals surface area contributed by atoms with Crippen LogP contribution in [-0.2, 0) is 16.4 Å². The van der Waals surface area contributed by atoms with E-state index in [2.05, 4.69) is 0 Å². The van der Waals surface area contributed by atoms with Crippen molar-refractivity contribution in [1.82, 2.24) is 0 Å². The average Bonchev–Trinajstić information content (AvgIpc) is 2.49. The lowest BCUT2D eigenvalue weighted by Crippen LogP contribution is -2.35. The van der Waals surface area contributed by atoms with Gasteiger partial charge in [-0.25, -0.2) is 8.42 Å². The van der Waals surface area contributed by atoms with Crippen molar-refractivity contribution in [3.63, 3.8) is 0 Å². The number of hydrogen-bond donors (Lipinski definition) is 1. The molecule has 0 saturated heterocycles. The third-order valence-electron chi connectivity index (χ3n) is 3.96. The van der Waals surface area contributed by atoms with E-state index in [9.17, 15) is 8.42 Å². The fourth-order valence-electron chi connectivity index (χ4n) is 2.78. The van der Waals surface area contributed by atoms with Crippen molar-refractivity contribution >= 4 is 21.4 Å². The summed E-state index contributed by atoms with van der Waals surface area (Å²) in [6.45, 7) is 2.26. The van der Waals surface area contributed by atoms with Crippen LogP contribution in [-0.4, -0.2) is 15.0 Å². The summed E-state index contributed by atoms with van der Waals surface area (Å²) >= 11 is 0. The maximum atomic E-state index is 13.0. The largest absolute Gasteiger partial charge is 0.398 e. The second-order valence-corrected chi connectivity index (χ2v) is 7.11. The summed E-state index contributed by atoms with van der Waals surface area (Å²) in [5.41, 5.74) is 8.83. The number of rotatable bonds is 2. The lowest BCUT2D eigenvalue weighted by Gasteiger charge is -2.31. The molecule has 2 aromatic carbocycles. The molecule has 21 heavy (non-hydrogen) atoms. The van der Waals surface area contributed by atoms with Gasteiger partial charge in [-0.05, 0) is 49.1 Å². The van der Waals surface area contributed by atoms with Crippen molar-refractivity contribution in [2.75, 3.05) is 16.6 Å². The van der Waals surface area contributed by atoms with Gasteiger partial charge in [-0.3, -0.25) is 4.31 Å². The number of para-hydroxylation sites is 1. The molecule has 0 saturated carbocycles. The number of aryl methyl sites for hydroxylation is 1. The molecule has 0 unspecified atom stereocenters. The van der Waals surface area contributed by atoms with Gasteiger partial charge in [0, 0.05) is 12.2 Å². The van der Waals surface area contributed by atoms with E-state index in [1.807, 2.05) is 24.3 Å². The van der Waals surface area contributed by atoms with Crippen LogP contribution in [0.2, 0.25) is 0 Å². The Balaban J connectivity index is 2.14. The van der Waals surface area contributed by atoms with E-state index in [4.69, 9.17) is 5.73 Å². The van der Waals surface area contributed by atoms with Gasteiger partial charge in [0.2, 0.25) is 0 Å². The van der Waals surface area contributed by atoms with Crippen LogP contribution in [0.15, 0.2) is 47.4 Å². The van der Waals surface area contributed by atoms with Crippen molar-refractivity contribution in [2.45, 2.75) is 24.7 Å². The Labute approximate surface area is 125 Å². The Morgan fingerprint density at radius 1 is 1.10 bits per heavy atom. The SMILES string of the molecule is Cc1c(N)cccc1S(=O)(=O)N1CCCc2ccccc21. The number of benzene rings is 2. The molecule has 0 aliphatic carbocycles. The zero-order chi connectivity index (χ0) is 15.0. The molecule has 2 N–H and O–H groups in total. The first kappa shape index (κ1) is 13.9. The van der Waals surface area contributed by atoms with E-state index in [-0.39, 0.29) is 0 Å². The van der Waals surface area contributed by atoms with Gasteiger partial charge in [0.1, 0.15) is 0 Å². The Hall–Kier alpha value is -2.01. The molecule has 1 aliphatic heterocycles. The molecule has 0 aromatic heterocycles. The summed E-state index contributed by atoms with van der Waals surface area (Å²) in [7, 11) is -3.58. The summed E-state index contributed by atoms with van der Waals surface area (Å²) < 4.78 is 27.5. The summed E-state index contributed by atoms with van der Waals surface area (Å²) in [6.07, 6.45) is 1.75. The van der Waals surface area contributed by atoms with E-state index in [0.29, 0.717) is 22.7 Å². The minimum Gasteiger partial charge on any atom is -0.398 e. The van der Waals surface area contributed by atoms with Gasteiger partial charge in [0.05, 0.1) is 10.6 Å². The van der Waals surface area contributed by atoms with E-state index >= 15 is 0 Å². The Morgan fingerprint density at radius 2 is 1.86 bits per heavy atom. The average molecular weight is 302 g/mol. The van der Waals surface area contributed by atoms with Crippen molar-refractivity contribution in [3.8, 4) is 0 Å². The summed E-state index contributed by atoms with van der Waals surface area (Å²) in [4.78, 5) is 0.291.